The fourth-order valence-electron chi connectivity index (χ4n) is 2.06. The van der Waals surface area contributed by atoms with Crippen LogP contribution in [-0.4, -0.2) is 23.6 Å². The monoisotopic (exact) mass is 380 g/mol. The van der Waals surface area contributed by atoms with Crippen LogP contribution >= 0.6 is 15.9 Å². The Labute approximate surface area is 142 Å². The van der Waals surface area contributed by atoms with E-state index in [0.717, 1.165) is 10.9 Å². The summed E-state index contributed by atoms with van der Waals surface area (Å²) < 4.78 is 10.9. The van der Waals surface area contributed by atoms with Gasteiger partial charge in [-0.3, -0.25) is 4.79 Å². The minimum atomic E-state index is -0.484. The van der Waals surface area contributed by atoms with Crippen LogP contribution in [0.2, 0.25) is 0 Å². The number of anilines is 1. The highest BCUT2D eigenvalue weighted by Crippen LogP contribution is 2.24. The number of benzene rings is 1. The first kappa shape index (κ1) is 17.2. The van der Waals surface area contributed by atoms with E-state index in [0.29, 0.717) is 29.3 Å². The summed E-state index contributed by atoms with van der Waals surface area (Å²) in [5, 5.41) is 6.47. The van der Waals surface area contributed by atoms with Gasteiger partial charge in [0.15, 0.2) is 0 Å². The lowest BCUT2D eigenvalue weighted by Gasteiger charge is -2.11. The smallest absolute Gasteiger partial charge is 0.340 e. The number of nitrogens with one attached hydrogen (secondary N) is 1. The second-order valence-electron chi connectivity index (χ2n) is 4.98. The molecule has 0 aliphatic rings. The summed E-state index contributed by atoms with van der Waals surface area (Å²) in [7, 11) is 0. The van der Waals surface area contributed by atoms with E-state index < -0.39 is 5.97 Å². The Morgan fingerprint density at radius 1 is 1.35 bits per heavy atom. The first-order valence-corrected chi connectivity index (χ1v) is 7.94. The Morgan fingerprint density at radius 2 is 2.09 bits per heavy atom. The fourth-order valence-corrected chi connectivity index (χ4v) is 2.42. The first-order chi connectivity index (χ1) is 10.9. The molecule has 23 heavy (non-hydrogen) atoms. The largest absolute Gasteiger partial charge is 0.462 e. The van der Waals surface area contributed by atoms with Crippen LogP contribution in [0.15, 0.2) is 27.2 Å². The minimum absolute atomic E-state index is 0.285. The van der Waals surface area contributed by atoms with E-state index in [-0.39, 0.29) is 11.5 Å². The molecule has 122 valence electrons. The van der Waals surface area contributed by atoms with Crippen molar-refractivity contribution >= 4 is 33.5 Å². The summed E-state index contributed by atoms with van der Waals surface area (Å²) in [5.74, 6) is -0.442. The van der Waals surface area contributed by atoms with Gasteiger partial charge in [-0.05, 0) is 38.5 Å². The van der Waals surface area contributed by atoms with Gasteiger partial charge in [0, 0.05) is 4.47 Å². The van der Waals surface area contributed by atoms with Crippen LogP contribution in [0.3, 0.4) is 0 Å². The number of esters is 1. The van der Waals surface area contributed by atoms with Gasteiger partial charge < -0.3 is 14.6 Å². The molecule has 6 nitrogen and oxygen atoms in total. The molecular weight excluding hydrogens is 364 g/mol. The topological polar surface area (TPSA) is 81.4 Å². The molecule has 1 N–H and O–H groups in total. The maximum Gasteiger partial charge on any atom is 0.340 e. The third kappa shape index (κ3) is 3.98. The number of halogens is 1. The minimum Gasteiger partial charge on any atom is -0.462 e. The van der Waals surface area contributed by atoms with E-state index in [9.17, 15) is 9.59 Å². The average Bonchev–Trinajstić information content (AvgIpc) is 2.85. The highest BCUT2D eigenvalue weighted by atomic mass is 79.9. The molecule has 2 aromatic rings. The van der Waals surface area contributed by atoms with Crippen LogP contribution in [0.4, 0.5) is 5.69 Å². The van der Waals surface area contributed by atoms with Gasteiger partial charge in [0.05, 0.1) is 23.6 Å². The van der Waals surface area contributed by atoms with Crippen molar-refractivity contribution in [1.82, 2.24) is 5.16 Å². The maximum absolute atomic E-state index is 12.4. The summed E-state index contributed by atoms with van der Waals surface area (Å²) in [6.07, 6.45) is 0.723. The summed E-state index contributed by atoms with van der Waals surface area (Å²) in [4.78, 5) is 24.6. The van der Waals surface area contributed by atoms with Crippen LogP contribution in [0, 0.1) is 13.8 Å². The lowest BCUT2D eigenvalue weighted by Crippen LogP contribution is -2.17. The number of carbonyl (C=O) groups excluding carboxylic acids is 2. The third-order valence-electron chi connectivity index (χ3n) is 3.15. The Hall–Kier alpha value is -2.15. The maximum atomic E-state index is 12.4. The molecule has 1 aromatic heterocycles. The highest BCUT2D eigenvalue weighted by molar-refractivity contribution is 9.10. The molecule has 1 aromatic carbocycles. The highest BCUT2D eigenvalue weighted by Gasteiger charge is 2.20. The Balaban J connectivity index is 2.29. The molecule has 1 amide bonds. The van der Waals surface area contributed by atoms with Crippen LogP contribution in [0.25, 0.3) is 0 Å². The fraction of sp³-hybridized carbons (Fsp3) is 0.312. The van der Waals surface area contributed by atoms with Crippen molar-refractivity contribution in [2.45, 2.75) is 27.2 Å². The lowest BCUT2D eigenvalue weighted by molar-refractivity contribution is 0.0506. The third-order valence-corrected chi connectivity index (χ3v) is 3.64. The van der Waals surface area contributed by atoms with Crippen molar-refractivity contribution in [3.05, 3.63) is 45.3 Å². The van der Waals surface area contributed by atoms with Crippen molar-refractivity contribution in [2.24, 2.45) is 0 Å². The predicted molar refractivity (Wildman–Crippen MR) is 88.6 cm³/mol. The summed E-state index contributed by atoms with van der Waals surface area (Å²) in [6, 6.07) is 4.99. The number of rotatable bonds is 5. The predicted octanol–water partition coefficient (Wildman–Crippen LogP) is 3.87. The van der Waals surface area contributed by atoms with E-state index in [2.05, 4.69) is 26.4 Å². The van der Waals surface area contributed by atoms with E-state index >= 15 is 0 Å². The number of carbonyl (C=O) groups is 2. The molecule has 0 aliphatic heterocycles. The zero-order chi connectivity index (χ0) is 17.0. The Morgan fingerprint density at radius 3 is 2.70 bits per heavy atom. The molecule has 0 bridgehead atoms. The Bertz CT molecular complexity index is 720. The Kier molecular flexibility index (Phi) is 5.54. The molecule has 0 unspecified atom stereocenters. The van der Waals surface area contributed by atoms with Gasteiger partial charge in [0.2, 0.25) is 0 Å². The summed E-state index contributed by atoms with van der Waals surface area (Å²) in [5.41, 5.74) is 1.51. The molecular formula is C16H17BrN2O4. The second-order valence-corrected chi connectivity index (χ2v) is 5.89. The van der Waals surface area contributed by atoms with E-state index in [1.165, 1.54) is 0 Å². The second kappa shape index (κ2) is 7.41. The van der Waals surface area contributed by atoms with Gasteiger partial charge in [0.1, 0.15) is 11.3 Å². The van der Waals surface area contributed by atoms with Crippen LogP contribution in [-0.2, 0) is 4.74 Å². The number of hydrogen-bond acceptors (Lipinski definition) is 5. The molecule has 0 saturated heterocycles. The van der Waals surface area contributed by atoms with Crippen LogP contribution in [0.5, 0.6) is 0 Å². The van der Waals surface area contributed by atoms with Crippen molar-refractivity contribution in [1.29, 1.82) is 0 Å². The molecule has 2 rings (SSSR count). The molecule has 0 aliphatic carbocycles. The van der Waals surface area contributed by atoms with Gasteiger partial charge in [-0.2, -0.15) is 0 Å². The number of nitrogens with zero attached hydrogens (tertiary/aromatic N) is 1. The van der Waals surface area contributed by atoms with Gasteiger partial charge >= 0.3 is 5.97 Å². The molecule has 0 saturated carbocycles. The number of aromatic nitrogens is 1. The van der Waals surface area contributed by atoms with Gasteiger partial charge in [0.25, 0.3) is 5.91 Å². The molecule has 0 atom stereocenters. The van der Waals surface area contributed by atoms with E-state index in [4.69, 9.17) is 9.26 Å². The van der Waals surface area contributed by atoms with E-state index in [1.54, 1.807) is 32.0 Å². The quantitative estimate of drug-likeness (QED) is 0.796. The SMILES string of the molecule is CCCOC(=O)c1cc(Br)ccc1NC(=O)c1c(C)noc1C. The van der Waals surface area contributed by atoms with Crippen molar-refractivity contribution in [3.63, 3.8) is 0 Å². The standard InChI is InChI=1S/C16H17BrN2O4/c1-4-7-22-16(21)12-8-11(17)5-6-13(12)18-15(20)14-9(2)19-23-10(14)3/h5-6,8H,4,7H2,1-3H3,(H,18,20). The van der Waals surface area contributed by atoms with Gasteiger partial charge in [-0.1, -0.05) is 28.0 Å². The normalized spacial score (nSPS) is 10.4. The van der Waals surface area contributed by atoms with Gasteiger partial charge in [-0.15, -0.1) is 0 Å². The first-order valence-electron chi connectivity index (χ1n) is 7.15. The van der Waals surface area contributed by atoms with Crippen LogP contribution < -0.4 is 5.32 Å². The van der Waals surface area contributed by atoms with Gasteiger partial charge in [-0.25, -0.2) is 4.79 Å². The van der Waals surface area contributed by atoms with E-state index in [1.807, 2.05) is 6.92 Å². The van der Waals surface area contributed by atoms with Crippen molar-refractivity contribution < 1.29 is 18.8 Å². The number of hydrogen-bond donors (Lipinski definition) is 1. The number of ether oxygens (including phenoxy) is 1. The molecule has 7 heteroatoms. The average molecular weight is 381 g/mol. The zero-order valence-electron chi connectivity index (χ0n) is 13.1. The summed E-state index contributed by atoms with van der Waals surface area (Å²) >= 11 is 3.32. The molecule has 0 spiro atoms. The molecule has 0 fully saturated rings. The van der Waals surface area contributed by atoms with Crippen molar-refractivity contribution in [3.8, 4) is 0 Å². The molecule has 0 radical (unpaired) electrons. The van der Waals surface area contributed by atoms with Crippen molar-refractivity contribution in [2.75, 3.05) is 11.9 Å². The zero-order valence-corrected chi connectivity index (χ0v) is 14.7. The molecule has 1 heterocycles. The number of amides is 1. The van der Waals surface area contributed by atoms with Crippen LogP contribution in [0.1, 0.15) is 45.5 Å². The number of aryl methyl sites for hydroxylation is 2. The summed E-state index contributed by atoms with van der Waals surface area (Å²) in [6.45, 7) is 5.58. The lowest BCUT2D eigenvalue weighted by atomic mass is 10.1.